The Kier molecular flexibility index (Phi) is 8.43. The van der Waals surface area contributed by atoms with Gasteiger partial charge in [-0.2, -0.15) is 0 Å². The summed E-state index contributed by atoms with van der Waals surface area (Å²) >= 11 is 6.52. The molecule has 1 atom stereocenters. The molecule has 1 unspecified atom stereocenters. The Balaban J connectivity index is 1.57. The van der Waals surface area contributed by atoms with E-state index < -0.39 is 12.0 Å². The van der Waals surface area contributed by atoms with Gasteiger partial charge in [-0.1, -0.05) is 31.4 Å². The standard InChI is InChI=1S/C27H33ClN4O5/c1-4-5-6-14-37-23-15-20(8-9-22(23)36-3)31-13-7-12-30(27(31)35)16-19-10-11-29-25-24(19)21(28)17-32(25)18(2)26(33)34/h8-11,15,17-18H,4-7,12-14,16H2,1-3H3,(H,33,34). The second-order valence-corrected chi connectivity index (χ2v) is 9.57. The van der Waals surface area contributed by atoms with Gasteiger partial charge in [0.05, 0.1) is 18.7 Å². The predicted molar refractivity (Wildman–Crippen MR) is 143 cm³/mol. The fraction of sp³-hybridized carbons (Fsp3) is 0.444. The highest BCUT2D eigenvalue weighted by Crippen LogP contribution is 2.35. The number of unbranched alkanes of at least 4 members (excludes halogenated alkanes) is 2. The van der Waals surface area contributed by atoms with Crippen molar-refractivity contribution in [2.45, 2.75) is 52.1 Å². The first-order valence-corrected chi connectivity index (χ1v) is 13.0. The number of benzene rings is 1. The molecule has 1 N–H and O–H groups in total. The van der Waals surface area contributed by atoms with Crippen molar-refractivity contribution in [2.24, 2.45) is 0 Å². The minimum atomic E-state index is -0.976. The molecule has 9 nitrogen and oxygen atoms in total. The van der Waals surface area contributed by atoms with Crippen molar-refractivity contribution in [2.75, 3.05) is 31.7 Å². The summed E-state index contributed by atoms with van der Waals surface area (Å²) in [4.78, 5) is 33.0. The van der Waals surface area contributed by atoms with Gasteiger partial charge in [0.15, 0.2) is 11.5 Å². The molecule has 1 aromatic carbocycles. The number of urea groups is 1. The van der Waals surface area contributed by atoms with E-state index in [0.29, 0.717) is 53.8 Å². The number of hydrogen-bond acceptors (Lipinski definition) is 5. The van der Waals surface area contributed by atoms with Crippen LogP contribution in [0.5, 0.6) is 11.5 Å². The highest BCUT2D eigenvalue weighted by molar-refractivity contribution is 6.35. The third kappa shape index (κ3) is 5.61. The number of aromatic nitrogens is 2. The van der Waals surface area contributed by atoms with E-state index in [4.69, 9.17) is 21.1 Å². The molecule has 0 spiro atoms. The molecule has 10 heteroatoms. The SMILES string of the molecule is CCCCCOc1cc(N2CCCN(Cc3ccnc4c3c(Cl)cn4C(C)C(=O)O)C2=O)ccc1OC. The number of rotatable bonds is 11. The number of ether oxygens (including phenoxy) is 2. The maximum Gasteiger partial charge on any atom is 0.326 e. The molecular weight excluding hydrogens is 496 g/mol. The first kappa shape index (κ1) is 26.6. The summed E-state index contributed by atoms with van der Waals surface area (Å²) in [5, 5.41) is 10.5. The number of fused-ring (bicyclic) bond motifs is 1. The first-order valence-electron chi connectivity index (χ1n) is 12.6. The number of aliphatic carboxylic acids is 1. The average molecular weight is 529 g/mol. The van der Waals surface area contributed by atoms with Crippen LogP contribution in [0.1, 0.15) is 51.1 Å². The number of carboxylic acid groups (broad SMARTS) is 1. The van der Waals surface area contributed by atoms with Gasteiger partial charge in [-0.3, -0.25) is 4.90 Å². The lowest BCUT2D eigenvalue weighted by atomic mass is 10.1. The smallest absolute Gasteiger partial charge is 0.326 e. The Morgan fingerprint density at radius 3 is 2.76 bits per heavy atom. The van der Waals surface area contributed by atoms with Crippen LogP contribution in [0, 0.1) is 0 Å². The summed E-state index contributed by atoms with van der Waals surface area (Å²) < 4.78 is 13.0. The number of anilines is 1. The summed E-state index contributed by atoms with van der Waals surface area (Å²) in [6.45, 7) is 5.83. The lowest BCUT2D eigenvalue weighted by molar-refractivity contribution is -0.140. The second-order valence-electron chi connectivity index (χ2n) is 9.17. The molecule has 3 aromatic rings. The van der Waals surface area contributed by atoms with Crippen molar-refractivity contribution >= 4 is 40.3 Å². The Morgan fingerprint density at radius 2 is 2.03 bits per heavy atom. The number of hydrogen-bond donors (Lipinski definition) is 1. The number of carboxylic acids is 1. The minimum Gasteiger partial charge on any atom is -0.493 e. The molecule has 3 heterocycles. The largest absolute Gasteiger partial charge is 0.493 e. The number of nitrogens with zero attached hydrogens (tertiary/aromatic N) is 4. The summed E-state index contributed by atoms with van der Waals surface area (Å²) in [5.74, 6) is 0.281. The summed E-state index contributed by atoms with van der Waals surface area (Å²) in [5.41, 5.74) is 2.05. The first-order chi connectivity index (χ1) is 17.8. The minimum absolute atomic E-state index is 0.118. The maximum atomic E-state index is 13.6. The molecule has 0 saturated carbocycles. The van der Waals surface area contributed by atoms with Gasteiger partial charge in [0.25, 0.3) is 0 Å². The van der Waals surface area contributed by atoms with Crippen LogP contribution in [0.15, 0.2) is 36.7 Å². The van der Waals surface area contributed by atoms with E-state index in [2.05, 4.69) is 11.9 Å². The Bertz CT molecular complexity index is 1280. The van der Waals surface area contributed by atoms with Gasteiger partial charge in [0.2, 0.25) is 0 Å². The zero-order valence-corrected chi connectivity index (χ0v) is 22.2. The van der Waals surface area contributed by atoms with Crippen LogP contribution in [-0.2, 0) is 11.3 Å². The third-order valence-corrected chi connectivity index (χ3v) is 6.95. The molecule has 198 valence electrons. The quantitative estimate of drug-likeness (QED) is 0.318. The van der Waals surface area contributed by atoms with E-state index in [0.717, 1.165) is 36.9 Å². The van der Waals surface area contributed by atoms with Crippen LogP contribution >= 0.6 is 11.6 Å². The molecule has 0 radical (unpaired) electrons. The van der Waals surface area contributed by atoms with Gasteiger partial charge in [-0.05, 0) is 43.5 Å². The Labute approximate surface area is 221 Å². The third-order valence-electron chi connectivity index (χ3n) is 6.66. The number of pyridine rings is 1. The van der Waals surface area contributed by atoms with Crippen molar-refractivity contribution in [3.8, 4) is 11.5 Å². The summed E-state index contributed by atoms with van der Waals surface area (Å²) in [6.07, 6.45) is 7.16. The highest BCUT2D eigenvalue weighted by atomic mass is 35.5. The lowest BCUT2D eigenvalue weighted by Crippen LogP contribution is -2.49. The Hall–Kier alpha value is -3.46. The van der Waals surface area contributed by atoms with Gasteiger partial charge in [-0.15, -0.1) is 0 Å². The van der Waals surface area contributed by atoms with Crippen LogP contribution in [-0.4, -0.2) is 58.4 Å². The second kappa shape index (κ2) is 11.7. The van der Waals surface area contributed by atoms with E-state index >= 15 is 0 Å². The summed E-state index contributed by atoms with van der Waals surface area (Å²) in [6, 6.07) is 6.45. The zero-order valence-electron chi connectivity index (χ0n) is 21.4. The van der Waals surface area contributed by atoms with Crippen molar-refractivity contribution in [3.05, 3.63) is 47.2 Å². The number of halogens is 1. The zero-order chi connectivity index (χ0) is 26.5. The molecule has 2 aromatic heterocycles. The van der Waals surface area contributed by atoms with E-state index in [1.807, 2.05) is 24.3 Å². The van der Waals surface area contributed by atoms with Crippen LogP contribution in [0.25, 0.3) is 11.0 Å². The number of amides is 2. The molecule has 1 aliphatic heterocycles. The fourth-order valence-electron chi connectivity index (χ4n) is 4.59. The molecule has 37 heavy (non-hydrogen) atoms. The predicted octanol–water partition coefficient (Wildman–Crippen LogP) is 5.75. The van der Waals surface area contributed by atoms with E-state index in [9.17, 15) is 14.7 Å². The van der Waals surface area contributed by atoms with Gasteiger partial charge < -0.3 is 24.0 Å². The number of methoxy groups -OCH3 is 1. The lowest BCUT2D eigenvalue weighted by Gasteiger charge is -2.36. The monoisotopic (exact) mass is 528 g/mol. The van der Waals surface area contributed by atoms with Crippen molar-refractivity contribution < 1.29 is 24.2 Å². The van der Waals surface area contributed by atoms with Crippen molar-refractivity contribution in [1.29, 1.82) is 0 Å². The average Bonchev–Trinajstić information content (AvgIpc) is 3.24. The molecule has 1 saturated heterocycles. The molecule has 2 amide bonds. The van der Waals surface area contributed by atoms with Gasteiger partial charge in [-0.25, -0.2) is 14.6 Å². The van der Waals surface area contributed by atoms with Crippen LogP contribution in [0.4, 0.5) is 10.5 Å². The molecule has 0 bridgehead atoms. The van der Waals surface area contributed by atoms with Gasteiger partial charge in [0.1, 0.15) is 11.7 Å². The number of carbonyl (C=O) groups excluding carboxylic acids is 1. The molecule has 1 fully saturated rings. The van der Waals surface area contributed by atoms with Gasteiger partial charge in [0, 0.05) is 49.2 Å². The van der Waals surface area contributed by atoms with E-state index in [1.165, 1.54) is 0 Å². The van der Waals surface area contributed by atoms with E-state index in [1.54, 1.807) is 40.8 Å². The molecular formula is C27H33ClN4O5. The highest BCUT2D eigenvalue weighted by Gasteiger charge is 2.29. The van der Waals surface area contributed by atoms with Crippen molar-refractivity contribution in [1.82, 2.24) is 14.5 Å². The Morgan fingerprint density at radius 1 is 1.22 bits per heavy atom. The normalized spacial score (nSPS) is 14.8. The van der Waals surface area contributed by atoms with E-state index in [-0.39, 0.29) is 6.03 Å². The number of carbonyl (C=O) groups is 2. The fourth-order valence-corrected chi connectivity index (χ4v) is 4.90. The topological polar surface area (TPSA) is 97.1 Å². The molecule has 1 aliphatic rings. The van der Waals surface area contributed by atoms with Crippen LogP contribution in [0.2, 0.25) is 5.02 Å². The molecule has 0 aliphatic carbocycles. The van der Waals surface area contributed by atoms with Crippen LogP contribution < -0.4 is 14.4 Å². The van der Waals surface area contributed by atoms with Crippen LogP contribution in [0.3, 0.4) is 0 Å². The van der Waals surface area contributed by atoms with Crippen molar-refractivity contribution in [3.63, 3.8) is 0 Å². The van der Waals surface area contributed by atoms with Gasteiger partial charge >= 0.3 is 12.0 Å². The maximum absolute atomic E-state index is 13.6. The molecule has 4 rings (SSSR count). The summed E-state index contributed by atoms with van der Waals surface area (Å²) in [7, 11) is 1.60.